The summed E-state index contributed by atoms with van der Waals surface area (Å²) in [7, 11) is 1.64. The van der Waals surface area contributed by atoms with Crippen LogP contribution in [0.3, 0.4) is 0 Å². The predicted molar refractivity (Wildman–Crippen MR) is 74.9 cm³/mol. The van der Waals surface area contributed by atoms with E-state index in [0.717, 1.165) is 30.6 Å². The molecule has 1 saturated carbocycles. The highest BCUT2D eigenvalue weighted by Crippen LogP contribution is 2.25. The van der Waals surface area contributed by atoms with Crippen molar-refractivity contribution in [3.63, 3.8) is 0 Å². The van der Waals surface area contributed by atoms with E-state index in [9.17, 15) is 4.79 Å². The molecular weight excluding hydrogens is 240 g/mol. The number of benzene rings is 1. The Bertz CT molecular complexity index is 430. The van der Waals surface area contributed by atoms with Gasteiger partial charge in [0.2, 0.25) is 5.91 Å². The Labute approximate surface area is 114 Å². The Morgan fingerprint density at radius 2 is 2.05 bits per heavy atom. The third-order valence-corrected chi connectivity index (χ3v) is 3.88. The Kier molecular flexibility index (Phi) is 4.43. The van der Waals surface area contributed by atoms with E-state index in [1.165, 1.54) is 0 Å². The number of rotatable bonds is 4. The molecule has 0 aromatic heterocycles. The van der Waals surface area contributed by atoms with Crippen LogP contribution in [0.2, 0.25) is 0 Å². The maximum absolute atomic E-state index is 12.1. The summed E-state index contributed by atoms with van der Waals surface area (Å²) in [5.41, 5.74) is 7.02. The van der Waals surface area contributed by atoms with Crippen LogP contribution < -0.4 is 15.8 Å². The Morgan fingerprint density at radius 3 is 2.58 bits per heavy atom. The van der Waals surface area contributed by atoms with E-state index in [4.69, 9.17) is 10.5 Å². The zero-order valence-electron chi connectivity index (χ0n) is 11.6. The average Bonchev–Trinajstić information content (AvgIpc) is 2.85. The normalized spacial score (nSPS) is 23.9. The smallest absolute Gasteiger partial charge is 0.225 e. The monoisotopic (exact) mass is 262 g/mol. The first-order chi connectivity index (χ1) is 9.11. The number of nitrogens with one attached hydrogen (secondary N) is 1. The van der Waals surface area contributed by atoms with Crippen LogP contribution in [0.5, 0.6) is 5.75 Å². The van der Waals surface area contributed by atoms with Gasteiger partial charge in [0.25, 0.3) is 0 Å². The van der Waals surface area contributed by atoms with Gasteiger partial charge in [0.15, 0.2) is 0 Å². The number of carbonyl (C=O) groups excluding carboxylic acids is 1. The van der Waals surface area contributed by atoms with E-state index in [1.807, 2.05) is 31.2 Å². The number of carbonyl (C=O) groups is 1. The number of amides is 1. The van der Waals surface area contributed by atoms with Gasteiger partial charge in [-0.3, -0.25) is 4.79 Å². The fourth-order valence-corrected chi connectivity index (χ4v) is 2.61. The van der Waals surface area contributed by atoms with E-state index >= 15 is 0 Å². The van der Waals surface area contributed by atoms with Crippen LogP contribution in [0.4, 0.5) is 0 Å². The molecule has 1 aromatic carbocycles. The summed E-state index contributed by atoms with van der Waals surface area (Å²) in [5, 5.41) is 3.05. The lowest BCUT2D eigenvalue weighted by Crippen LogP contribution is -2.39. The van der Waals surface area contributed by atoms with Crippen LogP contribution in [0, 0.1) is 5.92 Å². The number of ether oxygens (including phenoxy) is 1. The van der Waals surface area contributed by atoms with Crippen LogP contribution in [0.15, 0.2) is 24.3 Å². The molecule has 0 saturated heterocycles. The summed E-state index contributed by atoms with van der Waals surface area (Å²) in [6.07, 6.45) is 2.91. The van der Waals surface area contributed by atoms with Crippen LogP contribution >= 0.6 is 0 Å². The molecule has 4 heteroatoms. The van der Waals surface area contributed by atoms with Gasteiger partial charge in [0, 0.05) is 6.04 Å². The molecule has 0 radical (unpaired) electrons. The highest BCUT2D eigenvalue weighted by Gasteiger charge is 2.30. The lowest BCUT2D eigenvalue weighted by molar-refractivity contribution is -0.125. The van der Waals surface area contributed by atoms with Gasteiger partial charge in [-0.2, -0.15) is 0 Å². The van der Waals surface area contributed by atoms with Crippen molar-refractivity contribution in [3.05, 3.63) is 29.8 Å². The van der Waals surface area contributed by atoms with Gasteiger partial charge in [-0.05, 0) is 37.5 Å². The second-order valence-corrected chi connectivity index (χ2v) is 5.20. The molecule has 0 bridgehead atoms. The van der Waals surface area contributed by atoms with Crippen LogP contribution in [0.1, 0.15) is 37.8 Å². The molecule has 3 atom stereocenters. The van der Waals surface area contributed by atoms with Crippen molar-refractivity contribution < 1.29 is 9.53 Å². The van der Waals surface area contributed by atoms with E-state index in [1.54, 1.807) is 7.11 Å². The summed E-state index contributed by atoms with van der Waals surface area (Å²) in [5.74, 6) is 0.870. The fourth-order valence-electron chi connectivity index (χ4n) is 2.61. The van der Waals surface area contributed by atoms with Gasteiger partial charge in [0.1, 0.15) is 5.75 Å². The fraction of sp³-hybridized carbons (Fsp3) is 0.533. The molecule has 1 amide bonds. The quantitative estimate of drug-likeness (QED) is 0.872. The Hall–Kier alpha value is -1.55. The van der Waals surface area contributed by atoms with Crippen molar-refractivity contribution in [1.82, 2.24) is 5.32 Å². The van der Waals surface area contributed by atoms with Crippen molar-refractivity contribution in [2.45, 2.75) is 38.3 Å². The predicted octanol–water partition coefficient (Wildman–Crippen LogP) is 2.00. The molecule has 0 spiro atoms. The minimum absolute atomic E-state index is 0.00814. The van der Waals surface area contributed by atoms with E-state index in [0.29, 0.717) is 0 Å². The van der Waals surface area contributed by atoms with Crippen molar-refractivity contribution in [2.24, 2.45) is 11.7 Å². The molecule has 2 unspecified atom stereocenters. The first-order valence-electron chi connectivity index (χ1n) is 6.81. The average molecular weight is 262 g/mol. The Morgan fingerprint density at radius 1 is 1.37 bits per heavy atom. The molecular formula is C15H22N2O2. The van der Waals surface area contributed by atoms with Crippen LogP contribution in [-0.2, 0) is 4.79 Å². The van der Waals surface area contributed by atoms with Gasteiger partial charge in [0.05, 0.1) is 19.1 Å². The third-order valence-electron chi connectivity index (χ3n) is 3.88. The molecule has 0 heterocycles. The number of hydrogen-bond acceptors (Lipinski definition) is 3. The van der Waals surface area contributed by atoms with Crippen molar-refractivity contribution in [2.75, 3.05) is 7.11 Å². The molecule has 1 aliphatic carbocycles. The summed E-state index contributed by atoms with van der Waals surface area (Å²) in [4.78, 5) is 12.1. The van der Waals surface area contributed by atoms with Gasteiger partial charge in [-0.15, -0.1) is 0 Å². The van der Waals surface area contributed by atoms with Gasteiger partial charge >= 0.3 is 0 Å². The molecule has 0 aliphatic heterocycles. The molecule has 1 fully saturated rings. The van der Waals surface area contributed by atoms with Crippen molar-refractivity contribution >= 4 is 5.91 Å². The zero-order valence-corrected chi connectivity index (χ0v) is 11.6. The van der Waals surface area contributed by atoms with Crippen LogP contribution in [0.25, 0.3) is 0 Å². The summed E-state index contributed by atoms with van der Waals surface area (Å²) in [6.45, 7) is 1.99. The molecule has 1 aromatic rings. The highest BCUT2D eigenvalue weighted by molar-refractivity contribution is 5.80. The standard InChI is InChI=1S/C15H22N2O2/c1-10(11-6-8-12(19-2)9-7-11)17-15(18)13-4-3-5-14(13)16/h6-10,13-14H,3-5,16H2,1-2H3,(H,17,18)/t10-,13?,14?/m1/s1. The zero-order chi connectivity index (χ0) is 13.8. The SMILES string of the molecule is COc1ccc([C@@H](C)NC(=O)C2CCCC2N)cc1. The largest absolute Gasteiger partial charge is 0.497 e. The van der Waals surface area contributed by atoms with Crippen molar-refractivity contribution in [3.8, 4) is 5.75 Å². The van der Waals surface area contributed by atoms with E-state index < -0.39 is 0 Å². The van der Waals surface area contributed by atoms with Gasteiger partial charge in [-0.1, -0.05) is 18.6 Å². The second kappa shape index (κ2) is 6.06. The maximum atomic E-state index is 12.1. The molecule has 4 nitrogen and oxygen atoms in total. The number of hydrogen-bond donors (Lipinski definition) is 2. The maximum Gasteiger partial charge on any atom is 0.225 e. The summed E-state index contributed by atoms with van der Waals surface area (Å²) < 4.78 is 5.12. The first-order valence-corrected chi connectivity index (χ1v) is 6.81. The number of nitrogens with two attached hydrogens (primary N) is 1. The van der Waals surface area contributed by atoms with E-state index in [2.05, 4.69) is 5.32 Å². The van der Waals surface area contributed by atoms with Crippen molar-refractivity contribution in [1.29, 1.82) is 0 Å². The molecule has 19 heavy (non-hydrogen) atoms. The first kappa shape index (κ1) is 13.9. The molecule has 3 N–H and O–H groups in total. The minimum atomic E-state index is -0.0271. The Balaban J connectivity index is 1.95. The minimum Gasteiger partial charge on any atom is -0.497 e. The van der Waals surface area contributed by atoms with Crippen LogP contribution in [-0.4, -0.2) is 19.1 Å². The summed E-state index contributed by atoms with van der Waals surface area (Å²) >= 11 is 0. The second-order valence-electron chi connectivity index (χ2n) is 5.20. The molecule has 2 rings (SSSR count). The number of methoxy groups -OCH3 is 1. The lowest BCUT2D eigenvalue weighted by Gasteiger charge is -2.20. The van der Waals surface area contributed by atoms with Gasteiger partial charge < -0.3 is 15.8 Å². The van der Waals surface area contributed by atoms with Gasteiger partial charge in [-0.25, -0.2) is 0 Å². The lowest BCUT2D eigenvalue weighted by atomic mass is 10.0. The molecule has 1 aliphatic rings. The topological polar surface area (TPSA) is 64.3 Å². The highest BCUT2D eigenvalue weighted by atomic mass is 16.5. The summed E-state index contributed by atoms with van der Waals surface area (Å²) in [6, 6.07) is 7.75. The molecule has 104 valence electrons. The van der Waals surface area contributed by atoms with E-state index in [-0.39, 0.29) is 23.9 Å². The third kappa shape index (κ3) is 3.26.